The number of nitriles is 1. The molecule has 2 aromatic heterocycles. The highest BCUT2D eigenvalue weighted by Gasteiger charge is 2.14. The number of aromatic nitrogens is 3. The Morgan fingerprint density at radius 2 is 2.29 bits per heavy atom. The van der Waals surface area contributed by atoms with E-state index >= 15 is 0 Å². The predicted octanol–water partition coefficient (Wildman–Crippen LogP) is 1.54. The Morgan fingerprint density at radius 3 is 2.93 bits per heavy atom. The van der Waals surface area contributed by atoms with Gasteiger partial charge >= 0.3 is 0 Å². The van der Waals surface area contributed by atoms with Crippen LogP contribution in [0.4, 0.5) is 8.78 Å². The molecule has 0 saturated heterocycles. The SMILES string of the molecule is N#Cc1cnn2c(C(F)F)ccnc12. The highest BCUT2D eigenvalue weighted by atomic mass is 19.3. The molecule has 0 atom stereocenters. The molecule has 0 fully saturated rings. The molecule has 0 saturated carbocycles. The Hall–Kier alpha value is -2.03. The molecule has 14 heavy (non-hydrogen) atoms. The molecule has 6 heteroatoms. The summed E-state index contributed by atoms with van der Waals surface area (Å²) in [4.78, 5) is 3.80. The highest BCUT2D eigenvalue weighted by molar-refractivity contribution is 5.53. The van der Waals surface area contributed by atoms with Gasteiger partial charge in [-0.3, -0.25) is 0 Å². The Labute approximate surface area is 77.4 Å². The number of hydrogen-bond acceptors (Lipinski definition) is 3. The summed E-state index contributed by atoms with van der Waals surface area (Å²) in [5.41, 5.74) is 0.0781. The van der Waals surface area contributed by atoms with Crippen LogP contribution in [0.5, 0.6) is 0 Å². The third-order valence-electron chi connectivity index (χ3n) is 1.77. The minimum Gasteiger partial charge on any atom is -0.236 e. The quantitative estimate of drug-likeness (QED) is 0.691. The van der Waals surface area contributed by atoms with Crippen LogP contribution >= 0.6 is 0 Å². The van der Waals surface area contributed by atoms with Gasteiger partial charge in [0.15, 0.2) is 5.65 Å². The van der Waals surface area contributed by atoms with Gasteiger partial charge in [0.05, 0.1) is 6.20 Å². The first kappa shape index (κ1) is 8.56. The molecule has 2 aromatic rings. The maximum atomic E-state index is 12.4. The summed E-state index contributed by atoms with van der Waals surface area (Å²) in [6.45, 7) is 0. The molecule has 70 valence electrons. The minimum atomic E-state index is -2.63. The number of hydrogen-bond donors (Lipinski definition) is 0. The molecule has 0 aliphatic carbocycles. The van der Waals surface area contributed by atoms with Crippen LogP contribution in [0.3, 0.4) is 0 Å². The van der Waals surface area contributed by atoms with Gasteiger partial charge in [-0.15, -0.1) is 0 Å². The van der Waals surface area contributed by atoms with Gasteiger partial charge in [0.2, 0.25) is 0 Å². The molecule has 2 heterocycles. The number of nitrogens with zero attached hydrogens (tertiary/aromatic N) is 4. The third-order valence-corrected chi connectivity index (χ3v) is 1.77. The van der Waals surface area contributed by atoms with E-state index in [1.165, 1.54) is 18.5 Å². The molecule has 0 unspecified atom stereocenters. The topological polar surface area (TPSA) is 54.0 Å². The van der Waals surface area contributed by atoms with Gasteiger partial charge in [-0.1, -0.05) is 0 Å². The lowest BCUT2D eigenvalue weighted by Crippen LogP contribution is -2.00. The van der Waals surface area contributed by atoms with E-state index in [1.54, 1.807) is 0 Å². The van der Waals surface area contributed by atoms with Gasteiger partial charge < -0.3 is 0 Å². The van der Waals surface area contributed by atoms with Gasteiger partial charge in [-0.25, -0.2) is 18.3 Å². The third kappa shape index (κ3) is 1.10. The first-order valence-corrected chi connectivity index (χ1v) is 3.75. The summed E-state index contributed by atoms with van der Waals surface area (Å²) in [5, 5.41) is 12.3. The van der Waals surface area contributed by atoms with Crippen LogP contribution < -0.4 is 0 Å². The normalized spacial score (nSPS) is 10.7. The van der Waals surface area contributed by atoms with Crippen molar-refractivity contribution in [1.29, 1.82) is 5.26 Å². The molecule has 0 spiro atoms. The minimum absolute atomic E-state index is 0.158. The summed E-state index contributed by atoms with van der Waals surface area (Å²) in [6.07, 6.45) is -0.181. The molecule has 0 aromatic carbocycles. The van der Waals surface area contributed by atoms with E-state index in [0.717, 1.165) is 4.52 Å². The summed E-state index contributed by atoms with van der Waals surface area (Å²) in [7, 11) is 0. The van der Waals surface area contributed by atoms with E-state index in [1.807, 2.05) is 6.07 Å². The summed E-state index contributed by atoms with van der Waals surface area (Å²) in [6, 6.07) is 3.00. The Bertz CT molecular complexity index is 512. The lowest BCUT2D eigenvalue weighted by Gasteiger charge is -2.01. The van der Waals surface area contributed by atoms with Crippen LogP contribution in [0.15, 0.2) is 18.5 Å². The smallest absolute Gasteiger partial charge is 0.236 e. The fourth-order valence-corrected chi connectivity index (χ4v) is 1.15. The zero-order chi connectivity index (χ0) is 10.1. The van der Waals surface area contributed by atoms with Crippen molar-refractivity contribution in [2.24, 2.45) is 0 Å². The zero-order valence-electron chi connectivity index (χ0n) is 6.85. The Morgan fingerprint density at radius 1 is 1.50 bits per heavy atom. The van der Waals surface area contributed by atoms with Gasteiger partial charge in [0.25, 0.3) is 6.43 Å². The number of alkyl halides is 2. The van der Waals surface area contributed by atoms with Crippen molar-refractivity contribution in [1.82, 2.24) is 14.6 Å². The number of rotatable bonds is 1. The van der Waals surface area contributed by atoms with E-state index in [4.69, 9.17) is 5.26 Å². The largest absolute Gasteiger partial charge is 0.280 e. The van der Waals surface area contributed by atoms with Gasteiger partial charge in [0.1, 0.15) is 17.3 Å². The maximum Gasteiger partial charge on any atom is 0.280 e. The Kier molecular flexibility index (Phi) is 1.85. The molecule has 0 bridgehead atoms. The number of fused-ring (bicyclic) bond motifs is 1. The zero-order valence-corrected chi connectivity index (χ0v) is 6.85. The molecule has 0 amide bonds. The summed E-state index contributed by atoms with van der Waals surface area (Å²) < 4.78 is 25.9. The van der Waals surface area contributed by atoms with Crippen molar-refractivity contribution in [2.45, 2.75) is 6.43 Å². The van der Waals surface area contributed by atoms with Crippen LogP contribution in [-0.2, 0) is 0 Å². The van der Waals surface area contributed by atoms with E-state index in [0.29, 0.717) is 0 Å². The summed E-state index contributed by atoms with van der Waals surface area (Å²) in [5.74, 6) is 0. The maximum absolute atomic E-state index is 12.4. The van der Waals surface area contributed by atoms with Crippen molar-refractivity contribution in [3.05, 3.63) is 29.7 Å². The Balaban J connectivity index is 2.78. The average Bonchev–Trinajstić information content (AvgIpc) is 2.59. The van der Waals surface area contributed by atoms with E-state index < -0.39 is 6.43 Å². The van der Waals surface area contributed by atoms with Crippen LogP contribution in [0, 0.1) is 11.3 Å². The first-order valence-electron chi connectivity index (χ1n) is 3.75. The van der Waals surface area contributed by atoms with E-state index in [-0.39, 0.29) is 16.9 Å². The average molecular weight is 194 g/mol. The van der Waals surface area contributed by atoms with Crippen LogP contribution in [0.1, 0.15) is 17.7 Å². The molecule has 4 nitrogen and oxygen atoms in total. The molecule has 0 radical (unpaired) electrons. The molecule has 0 aliphatic rings. The second kappa shape index (κ2) is 3.03. The van der Waals surface area contributed by atoms with Crippen LogP contribution in [0.25, 0.3) is 5.65 Å². The predicted molar refractivity (Wildman–Crippen MR) is 42.7 cm³/mol. The standard InChI is InChI=1S/C8H4F2N4/c9-7(10)6-1-2-12-8-5(3-11)4-13-14(6)8/h1-2,4,7H. The van der Waals surface area contributed by atoms with Gasteiger partial charge in [0, 0.05) is 6.20 Å². The van der Waals surface area contributed by atoms with Crippen LogP contribution in [-0.4, -0.2) is 14.6 Å². The fraction of sp³-hybridized carbons (Fsp3) is 0.125. The molecular formula is C8H4F2N4. The first-order chi connectivity index (χ1) is 6.74. The van der Waals surface area contributed by atoms with E-state index in [9.17, 15) is 8.78 Å². The van der Waals surface area contributed by atoms with Crippen molar-refractivity contribution < 1.29 is 8.78 Å². The molecule has 2 rings (SSSR count). The van der Waals surface area contributed by atoms with Crippen molar-refractivity contribution in [3.63, 3.8) is 0 Å². The second-order valence-corrected chi connectivity index (χ2v) is 2.58. The monoisotopic (exact) mass is 194 g/mol. The highest BCUT2D eigenvalue weighted by Crippen LogP contribution is 2.19. The summed E-state index contributed by atoms with van der Waals surface area (Å²) >= 11 is 0. The lowest BCUT2D eigenvalue weighted by atomic mass is 10.3. The van der Waals surface area contributed by atoms with Crippen molar-refractivity contribution >= 4 is 5.65 Å². The van der Waals surface area contributed by atoms with Crippen LogP contribution in [0.2, 0.25) is 0 Å². The van der Waals surface area contributed by atoms with Gasteiger partial charge in [-0.05, 0) is 6.07 Å². The van der Waals surface area contributed by atoms with E-state index in [2.05, 4.69) is 10.1 Å². The second-order valence-electron chi connectivity index (χ2n) is 2.58. The molecule has 0 N–H and O–H groups in total. The molecule has 0 aliphatic heterocycles. The molecular weight excluding hydrogens is 190 g/mol. The van der Waals surface area contributed by atoms with Gasteiger partial charge in [-0.2, -0.15) is 10.4 Å². The lowest BCUT2D eigenvalue weighted by molar-refractivity contribution is 0.143. The number of halogens is 2. The van der Waals surface area contributed by atoms with Crippen molar-refractivity contribution in [2.75, 3.05) is 0 Å². The fourth-order valence-electron chi connectivity index (χ4n) is 1.15. The van der Waals surface area contributed by atoms with Crippen molar-refractivity contribution in [3.8, 4) is 6.07 Å².